The van der Waals surface area contributed by atoms with Crippen LogP contribution in [0, 0.1) is 0 Å². The van der Waals surface area contributed by atoms with Crippen LogP contribution in [-0.4, -0.2) is 53.7 Å². The third-order valence-electron chi connectivity index (χ3n) is 3.06. The first-order valence-corrected chi connectivity index (χ1v) is 5.88. The highest BCUT2D eigenvalue weighted by Crippen LogP contribution is 2.18. The molecule has 6 nitrogen and oxygen atoms in total. The number of aromatic nitrogens is 1. The highest BCUT2D eigenvalue weighted by molar-refractivity contribution is 5.74. The number of ether oxygens (including phenoxy) is 1. The molecule has 1 unspecified atom stereocenters. The number of nitrogens with one attached hydrogen (secondary N) is 1. The van der Waals surface area contributed by atoms with Gasteiger partial charge in [-0.2, -0.15) is 0 Å². The number of hydrogen-bond donors (Lipinski definition) is 2. The highest BCUT2D eigenvalue weighted by atomic mass is 16.5. The Kier molecular flexibility index (Phi) is 4.11. The maximum Gasteiger partial charge on any atom is 0.322 e. The summed E-state index contributed by atoms with van der Waals surface area (Å²) in [5, 5.41) is 12.3. The van der Waals surface area contributed by atoms with Crippen LogP contribution in [0.4, 0.5) is 0 Å². The van der Waals surface area contributed by atoms with Gasteiger partial charge >= 0.3 is 5.97 Å². The Morgan fingerprint density at radius 1 is 1.72 bits per heavy atom. The minimum Gasteiger partial charge on any atom is -0.481 e. The van der Waals surface area contributed by atoms with Crippen molar-refractivity contribution in [1.82, 2.24) is 15.2 Å². The molecule has 1 aromatic rings. The topological polar surface area (TPSA) is 74.7 Å². The fraction of sp³-hybridized carbons (Fsp3) is 0.500. The molecule has 18 heavy (non-hydrogen) atoms. The van der Waals surface area contributed by atoms with E-state index < -0.39 is 12.0 Å². The van der Waals surface area contributed by atoms with Crippen LogP contribution in [0.15, 0.2) is 18.3 Å². The zero-order valence-corrected chi connectivity index (χ0v) is 10.3. The van der Waals surface area contributed by atoms with Gasteiger partial charge in [0.05, 0.1) is 7.11 Å². The lowest BCUT2D eigenvalue weighted by Crippen LogP contribution is -2.54. The van der Waals surface area contributed by atoms with E-state index in [0.717, 1.165) is 12.1 Å². The molecule has 6 heteroatoms. The van der Waals surface area contributed by atoms with E-state index in [1.165, 1.54) is 0 Å². The van der Waals surface area contributed by atoms with Gasteiger partial charge in [0, 0.05) is 37.9 Å². The van der Waals surface area contributed by atoms with Gasteiger partial charge in [-0.25, -0.2) is 4.98 Å². The highest BCUT2D eigenvalue weighted by Gasteiger charge is 2.28. The maximum absolute atomic E-state index is 11.2. The Labute approximate surface area is 106 Å². The van der Waals surface area contributed by atoms with Crippen LogP contribution in [0.1, 0.15) is 5.56 Å². The van der Waals surface area contributed by atoms with E-state index in [2.05, 4.69) is 10.3 Å². The number of hydrogen-bond acceptors (Lipinski definition) is 5. The summed E-state index contributed by atoms with van der Waals surface area (Å²) >= 11 is 0. The van der Waals surface area contributed by atoms with Crippen molar-refractivity contribution in [3.05, 3.63) is 23.9 Å². The smallest absolute Gasteiger partial charge is 0.322 e. The summed E-state index contributed by atoms with van der Waals surface area (Å²) in [5.74, 6) is -0.245. The van der Waals surface area contributed by atoms with E-state index in [4.69, 9.17) is 4.74 Å². The Morgan fingerprint density at radius 3 is 3.28 bits per heavy atom. The molecule has 1 atom stereocenters. The van der Waals surface area contributed by atoms with E-state index in [1.807, 2.05) is 17.0 Å². The van der Waals surface area contributed by atoms with E-state index in [0.29, 0.717) is 25.5 Å². The normalized spacial score (nSPS) is 20.6. The van der Waals surface area contributed by atoms with E-state index in [1.54, 1.807) is 13.3 Å². The van der Waals surface area contributed by atoms with Crippen molar-refractivity contribution in [3.8, 4) is 5.88 Å². The monoisotopic (exact) mass is 251 g/mol. The van der Waals surface area contributed by atoms with Gasteiger partial charge < -0.3 is 15.2 Å². The SMILES string of the molecule is COc1ncccc1CN1CCNCC1C(=O)O. The summed E-state index contributed by atoms with van der Waals surface area (Å²) < 4.78 is 5.18. The molecular weight excluding hydrogens is 234 g/mol. The summed E-state index contributed by atoms with van der Waals surface area (Å²) in [7, 11) is 1.57. The summed E-state index contributed by atoms with van der Waals surface area (Å²) in [4.78, 5) is 17.2. The number of methoxy groups -OCH3 is 1. The first-order valence-electron chi connectivity index (χ1n) is 5.88. The van der Waals surface area contributed by atoms with Gasteiger partial charge in [0.25, 0.3) is 0 Å². The lowest BCUT2D eigenvalue weighted by molar-refractivity contribution is -0.144. The Bertz CT molecular complexity index is 425. The molecule has 0 amide bonds. The van der Waals surface area contributed by atoms with Gasteiger partial charge in [-0.3, -0.25) is 9.69 Å². The largest absolute Gasteiger partial charge is 0.481 e. The van der Waals surface area contributed by atoms with Crippen molar-refractivity contribution >= 4 is 5.97 Å². The molecule has 2 N–H and O–H groups in total. The number of rotatable bonds is 4. The van der Waals surface area contributed by atoms with Crippen molar-refractivity contribution in [2.75, 3.05) is 26.7 Å². The molecule has 0 spiro atoms. The molecular formula is C12H17N3O3. The van der Waals surface area contributed by atoms with E-state index >= 15 is 0 Å². The van der Waals surface area contributed by atoms with Crippen molar-refractivity contribution in [2.45, 2.75) is 12.6 Å². The second-order valence-corrected chi connectivity index (χ2v) is 4.20. The fourth-order valence-electron chi connectivity index (χ4n) is 2.13. The molecule has 0 radical (unpaired) electrons. The minimum absolute atomic E-state index is 0.470. The molecule has 0 aliphatic carbocycles. The number of carboxylic acid groups (broad SMARTS) is 1. The van der Waals surface area contributed by atoms with Gasteiger partial charge in [0.1, 0.15) is 6.04 Å². The van der Waals surface area contributed by atoms with Crippen molar-refractivity contribution in [1.29, 1.82) is 0 Å². The molecule has 2 heterocycles. The third kappa shape index (κ3) is 2.77. The second kappa shape index (κ2) is 5.79. The van der Waals surface area contributed by atoms with Crippen molar-refractivity contribution in [3.63, 3.8) is 0 Å². The molecule has 0 aromatic carbocycles. The van der Waals surface area contributed by atoms with Gasteiger partial charge in [-0.15, -0.1) is 0 Å². The molecule has 1 aliphatic heterocycles. The Morgan fingerprint density at radius 2 is 2.56 bits per heavy atom. The third-order valence-corrected chi connectivity index (χ3v) is 3.06. The predicted molar refractivity (Wildman–Crippen MR) is 65.5 cm³/mol. The summed E-state index contributed by atoms with van der Waals surface area (Å²) in [5.41, 5.74) is 0.910. The van der Waals surface area contributed by atoms with Gasteiger partial charge in [-0.1, -0.05) is 6.07 Å². The number of aliphatic carboxylic acids is 1. The number of carbonyl (C=O) groups is 1. The van der Waals surface area contributed by atoms with E-state index in [9.17, 15) is 9.90 Å². The standard InChI is InChI=1S/C12H17N3O3/c1-18-11-9(3-2-4-14-11)8-15-6-5-13-7-10(15)12(16)17/h2-4,10,13H,5-8H2,1H3,(H,16,17). The van der Waals surface area contributed by atoms with Crippen LogP contribution in [0.25, 0.3) is 0 Å². The van der Waals surface area contributed by atoms with Crippen LogP contribution < -0.4 is 10.1 Å². The Balaban J connectivity index is 2.13. The molecule has 2 rings (SSSR count). The molecule has 1 saturated heterocycles. The summed E-state index contributed by atoms with van der Waals surface area (Å²) in [6.07, 6.45) is 1.66. The number of piperazine rings is 1. The van der Waals surface area contributed by atoms with Crippen LogP contribution >= 0.6 is 0 Å². The lowest BCUT2D eigenvalue weighted by atomic mass is 10.1. The maximum atomic E-state index is 11.2. The minimum atomic E-state index is -0.801. The van der Waals surface area contributed by atoms with Crippen LogP contribution in [0.2, 0.25) is 0 Å². The van der Waals surface area contributed by atoms with Gasteiger partial charge in [0.2, 0.25) is 5.88 Å². The molecule has 98 valence electrons. The molecule has 0 saturated carbocycles. The second-order valence-electron chi connectivity index (χ2n) is 4.20. The first kappa shape index (κ1) is 12.8. The average molecular weight is 251 g/mol. The van der Waals surface area contributed by atoms with Crippen molar-refractivity contribution < 1.29 is 14.6 Å². The molecule has 1 fully saturated rings. The molecule has 1 aliphatic rings. The lowest BCUT2D eigenvalue weighted by Gasteiger charge is -2.33. The summed E-state index contributed by atoms with van der Waals surface area (Å²) in [6.45, 7) is 2.51. The fourth-order valence-corrected chi connectivity index (χ4v) is 2.13. The number of carboxylic acids is 1. The molecule has 0 bridgehead atoms. The van der Waals surface area contributed by atoms with Crippen LogP contribution in [-0.2, 0) is 11.3 Å². The number of nitrogens with zero attached hydrogens (tertiary/aromatic N) is 2. The zero-order chi connectivity index (χ0) is 13.0. The van der Waals surface area contributed by atoms with Crippen LogP contribution in [0.3, 0.4) is 0 Å². The quantitative estimate of drug-likeness (QED) is 0.781. The average Bonchev–Trinajstić information content (AvgIpc) is 2.40. The molecule has 1 aromatic heterocycles. The first-order chi connectivity index (χ1) is 8.72. The Hall–Kier alpha value is -1.66. The zero-order valence-electron chi connectivity index (χ0n) is 10.3. The predicted octanol–water partition coefficient (Wildman–Crippen LogP) is -0.0514. The summed E-state index contributed by atoms with van der Waals surface area (Å²) in [6, 6.07) is 3.24. The van der Waals surface area contributed by atoms with Crippen LogP contribution in [0.5, 0.6) is 5.88 Å². The van der Waals surface area contributed by atoms with Crippen molar-refractivity contribution in [2.24, 2.45) is 0 Å². The number of pyridine rings is 1. The van der Waals surface area contributed by atoms with Gasteiger partial charge in [0.15, 0.2) is 0 Å². The van der Waals surface area contributed by atoms with Gasteiger partial charge in [-0.05, 0) is 6.07 Å². The van der Waals surface area contributed by atoms with E-state index in [-0.39, 0.29) is 0 Å².